The molecule has 2 atom stereocenters. The van der Waals surface area contributed by atoms with Crippen LogP contribution in [0.15, 0.2) is 18.2 Å². The van der Waals surface area contributed by atoms with Crippen LogP contribution < -0.4 is 0 Å². The summed E-state index contributed by atoms with van der Waals surface area (Å²) in [5, 5.41) is 0. The molecule has 0 radical (unpaired) electrons. The summed E-state index contributed by atoms with van der Waals surface area (Å²) in [6.45, 7) is 6.91. The zero-order valence-electron chi connectivity index (χ0n) is 15.3. The third-order valence-electron chi connectivity index (χ3n) is 5.75. The minimum absolute atomic E-state index is 0. The van der Waals surface area contributed by atoms with Gasteiger partial charge < -0.3 is 14.5 Å². The molecule has 0 N–H and O–H groups in total. The van der Waals surface area contributed by atoms with Crippen LogP contribution >= 0.6 is 12.4 Å². The number of Topliss-reactive ketones (excluding diaryl/α,β-unsaturated/α-hetero) is 1. The number of fused-ring (bicyclic) bond motifs is 1. The lowest BCUT2D eigenvalue weighted by molar-refractivity contribution is -0.142. The number of morpholine rings is 1. The monoisotopic (exact) mass is 378 g/mol. The van der Waals surface area contributed by atoms with Gasteiger partial charge >= 0.3 is 0 Å². The molecule has 6 heteroatoms. The zero-order chi connectivity index (χ0) is 17.4. The highest BCUT2D eigenvalue weighted by Gasteiger charge is 2.39. The minimum Gasteiger partial charge on any atom is -0.377 e. The Balaban J connectivity index is 0.00000196. The number of carbonyl (C=O) groups excluding carboxylic acids is 2. The van der Waals surface area contributed by atoms with E-state index in [1.165, 1.54) is 12.8 Å². The quantitative estimate of drug-likeness (QED) is 0.810. The summed E-state index contributed by atoms with van der Waals surface area (Å²) in [4.78, 5) is 30.1. The van der Waals surface area contributed by atoms with Crippen LogP contribution in [0.2, 0.25) is 0 Å². The Bertz CT molecular complexity index is 688. The van der Waals surface area contributed by atoms with Crippen molar-refractivity contribution in [3.8, 4) is 0 Å². The molecule has 1 amide bonds. The molecule has 4 rings (SSSR count). The first kappa shape index (κ1) is 19.3. The Hall–Kier alpha value is -1.43. The van der Waals surface area contributed by atoms with E-state index in [1.54, 1.807) is 0 Å². The second-order valence-corrected chi connectivity index (χ2v) is 7.54. The van der Waals surface area contributed by atoms with Gasteiger partial charge in [-0.15, -0.1) is 12.4 Å². The second kappa shape index (κ2) is 8.07. The molecule has 0 aromatic heterocycles. The highest BCUT2D eigenvalue weighted by molar-refractivity contribution is 6.06. The van der Waals surface area contributed by atoms with Crippen LogP contribution in [0.25, 0.3) is 0 Å². The van der Waals surface area contributed by atoms with Gasteiger partial charge in [-0.05, 0) is 44.5 Å². The van der Waals surface area contributed by atoms with Crippen molar-refractivity contribution in [3.63, 3.8) is 0 Å². The van der Waals surface area contributed by atoms with E-state index < -0.39 is 0 Å². The molecule has 2 fully saturated rings. The van der Waals surface area contributed by atoms with Gasteiger partial charge in [0.15, 0.2) is 5.78 Å². The lowest BCUT2D eigenvalue weighted by Crippen LogP contribution is -2.54. The molecule has 2 aliphatic heterocycles. The largest absolute Gasteiger partial charge is 0.377 e. The molecule has 26 heavy (non-hydrogen) atoms. The van der Waals surface area contributed by atoms with Gasteiger partial charge in [0.1, 0.15) is 0 Å². The van der Waals surface area contributed by atoms with E-state index in [2.05, 4.69) is 4.90 Å². The van der Waals surface area contributed by atoms with E-state index in [1.807, 2.05) is 30.0 Å². The second-order valence-electron chi connectivity index (χ2n) is 7.54. The number of carbonyl (C=O) groups is 2. The molecule has 1 aromatic rings. The summed E-state index contributed by atoms with van der Waals surface area (Å²) in [6.07, 6.45) is 2.79. The van der Waals surface area contributed by atoms with Crippen molar-refractivity contribution in [2.24, 2.45) is 0 Å². The summed E-state index contributed by atoms with van der Waals surface area (Å²) < 4.78 is 5.65. The highest BCUT2D eigenvalue weighted by atomic mass is 35.5. The number of hydrogen-bond donors (Lipinski definition) is 0. The molecule has 0 spiro atoms. The summed E-state index contributed by atoms with van der Waals surface area (Å²) in [5.74, 6) is -0.118. The van der Waals surface area contributed by atoms with E-state index in [0.29, 0.717) is 26.2 Å². The number of rotatable bonds is 3. The standard InChI is InChI=1S/C20H26N2O3.ClH/c1-14-4-5-16-17(10-14)19(23)11-18(16)20(24)22-8-9-25-13-15(22)12-21-6-2-3-7-21;/h4-5,10,15,18H,2-3,6-9,11-13H2,1H3;1H. The molecule has 5 nitrogen and oxygen atoms in total. The van der Waals surface area contributed by atoms with E-state index in [4.69, 9.17) is 4.74 Å². The molecule has 1 aromatic carbocycles. The molecule has 0 bridgehead atoms. The van der Waals surface area contributed by atoms with E-state index in [0.717, 1.165) is 36.3 Å². The minimum atomic E-state index is -0.317. The fraction of sp³-hybridized carbons (Fsp3) is 0.600. The van der Waals surface area contributed by atoms with Crippen LogP contribution in [0, 0.1) is 6.92 Å². The molecule has 2 heterocycles. The number of ether oxygens (including phenoxy) is 1. The van der Waals surface area contributed by atoms with Crippen molar-refractivity contribution < 1.29 is 14.3 Å². The Morgan fingerprint density at radius 3 is 2.77 bits per heavy atom. The van der Waals surface area contributed by atoms with Crippen molar-refractivity contribution in [1.82, 2.24) is 9.80 Å². The Morgan fingerprint density at radius 2 is 2.00 bits per heavy atom. The average Bonchev–Trinajstić information content (AvgIpc) is 3.23. The maximum Gasteiger partial charge on any atom is 0.231 e. The summed E-state index contributed by atoms with van der Waals surface area (Å²) in [5.41, 5.74) is 2.72. The van der Waals surface area contributed by atoms with Crippen LogP contribution in [-0.4, -0.2) is 66.9 Å². The SMILES string of the molecule is Cc1ccc2c(c1)C(=O)CC2C(=O)N1CCOCC1CN1CCCC1.Cl. The lowest BCUT2D eigenvalue weighted by Gasteiger charge is -2.39. The summed E-state index contributed by atoms with van der Waals surface area (Å²) in [6, 6.07) is 5.99. The predicted molar refractivity (Wildman–Crippen MR) is 102 cm³/mol. The number of amides is 1. The van der Waals surface area contributed by atoms with Gasteiger partial charge in [0.25, 0.3) is 0 Å². The Kier molecular flexibility index (Phi) is 6.00. The van der Waals surface area contributed by atoms with E-state index >= 15 is 0 Å². The van der Waals surface area contributed by atoms with Crippen LogP contribution in [-0.2, 0) is 9.53 Å². The van der Waals surface area contributed by atoms with Gasteiger partial charge in [-0.2, -0.15) is 0 Å². The van der Waals surface area contributed by atoms with Crippen LogP contribution in [0.5, 0.6) is 0 Å². The van der Waals surface area contributed by atoms with Crippen LogP contribution in [0.4, 0.5) is 0 Å². The zero-order valence-corrected chi connectivity index (χ0v) is 16.1. The van der Waals surface area contributed by atoms with Crippen molar-refractivity contribution in [1.29, 1.82) is 0 Å². The third kappa shape index (κ3) is 3.66. The summed E-state index contributed by atoms with van der Waals surface area (Å²) >= 11 is 0. The van der Waals surface area contributed by atoms with Crippen molar-refractivity contribution >= 4 is 24.1 Å². The molecule has 2 unspecified atom stereocenters. The number of benzene rings is 1. The topological polar surface area (TPSA) is 49.9 Å². The molecule has 3 aliphatic rings. The van der Waals surface area contributed by atoms with Gasteiger partial charge in [0, 0.05) is 25.1 Å². The number of hydrogen-bond acceptors (Lipinski definition) is 4. The van der Waals surface area contributed by atoms with Gasteiger partial charge in [-0.3, -0.25) is 9.59 Å². The highest BCUT2D eigenvalue weighted by Crippen LogP contribution is 2.35. The van der Waals surface area contributed by atoms with Crippen molar-refractivity contribution in [3.05, 3.63) is 34.9 Å². The van der Waals surface area contributed by atoms with Gasteiger partial charge in [-0.25, -0.2) is 0 Å². The predicted octanol–water partition coefficient (Wildman–Crippen LogP) is 2.41. The van der Waals surface area contributed by atoms with Crippen molar-refractivity contribution in [2.45, 2.75) is 38.1 Å². The van der Waals surface area contributed by atoms with E-state index in [-0.39, 0.29) is 36.1 Å². The molecule has 1 aliphatic carbocycles. The van der Waals surface area contributed by atoms with E-state index in [9.17, 15) is 9.59 Å². The van der Waals surface area contributed by atoms with Crippen LogP contribution in [0.3, 0.4) is 0 Å². The molecule has 0 saturated carbocycles. The maximum absolute atomic E-state index is 13.3. The molecule has 2 saturated heterocycles. The van der Waals surface area contributed by atoms with Crippen LogP contribution in [0.1, 0.15) is 46.7 Å². The Labute approximate surface area is 161 Å². The fourth-order valence-electron chi connectivity index (χ4n) is 4.40. The number of likely N-dealkylation sites (tertiary alicyclic amines) is 1. The van der Waals surface area contributed by atoms with Crippen molar-refractivity contribution in [2.75, 3.05) is 39.4 Å². The summed E-state index contributed by atoms with van der Waals surface area (Å²) in [7, 11) is 0. The molecular formula is C20H27ClN2O3. The number of aryl methyl sites for hydroxylation is 1. The first-order chi connectivity index (χ1) is 12.1. The number of ketones is 1. The normalized spacial score (nSPS) is 25.9. The first-order valence-electron chi connectivity index (χ1n) is 9.38. The third-order valence-corrected chi connectivity index (χ3v) is 5.75. The number of halogens is 1. The van der Waals surface area contributed by atoms with Gasteiger partial charge in [-0.1, -0.05) is 17.7 Å². The Morgan fingerprint density at radius 1 is 1.23 bits per heavy atom. The van der Waals surface area contributed by atoms with Gasteiger partial charge in [0.2, 0.25) is 5.91 Å². The number of nitrogens with zero attached hydrogens (tertiary/aromatic N) is 2. The molecule has 142 valence electrons. The average molecular weight is 379 g/mol. The fourth-order valence-corrected chi connectivity index (χ4v) is 4.40. The maximum atomic E-state index is 13.3. The smallest absolute Gasteiger partial charge is 0.231 e. The lowest BCUT2D eigenvalue weighted by atomic mass is 9.97. The van der Waals surface area contributed by atoms with Gasteiger partial charge in [0.05, 0.1) is 25.2 Å². The molecular weight excluding hydrogens is 352 g/mol. The first-order valence-corrected chi connectivity index (χ1v) is 9.38.